The number of nitrogens with zero attached hydrogens (tertiary/aromatic N) is 2. The van der Waals surface area contributed by atoms with Gasteiger partial charge in [0.2, 0.25) is 0 Å². The van der Waals surface area contributed by atoms with E-state index in [2.05, 4.69) is 21.1 Å². The van der Waals surface area contributed by atoms with Gasteiger partial charge in [-0.3, -0.25) is 19.3 Å². The maximum absolute atomic E-state index is 12.4. The van der Waals surface area contributed by atoms with E-state index < -0.39 is 10.4 Å². The van der Waals surface area contributed by atoms with Gasteiger partial charge in [0, 0.05) is 28.8 Å². The molecule has 3 rings (SSSR count). The smallest absolute Gasteiger partial charge is 0.394 e. The Morgan fingerprint density at radius 1 is 0.744 bits per heavy atom. The predicted octanol–water partition coefficient (Wildman–Crippen LogP) is 3.28. The van der Waals surface area contributed by atoms with Crippen LogP contribution in [-0.4, -0.2) is 64.3 Å². The highest BCUT2D eigenvalue weighted by atomic mass is 32.3. The lowest BCUT2D eigenvalue weighted by molar-refractivity contribution is 0.0955. The van der Waals surface area contributed by atoms with Crippen molar-refractivity contribution in [1.29, 1.82) is 0 Å². The zero-order valence-electron chi connectivity index (χ0n) is 21.5. The molecule has 3 aromatic rings. The summed E-state index contributed by atoms with van der Waals surface area (Å²) in [5.74, 6) is 2.24. The van der Waals surface area contributed by atoms with Crippen LogP contribution in [0.3, 0.4) is 0 Å². The third-order valence-electron chi connectivity index (χ3n) is 4.80. The molecule has 0 atom stereocenters. The largest absolute Gasteiger partial charge is 0.497 e. The highest BCUT2D eigenvalue weighted by Gasteiger charge is 2.06. The Kier molecular flexibility index (Phi) is 11.7. The highest BCUT2D eigenvalue weighted by Crippen LogP contribution is 2.24. The van der Waals surface area contributed by atoms with Crippen LogP contribution in [0.1, 0.15) is 21.5 Å². The van der Waals surface area contributed by atoms with Crippen molar-refractivity contribution in [3.63, 3.8) is 0 Å². The second-order valence-corrected chi connectivity index (χ2v) is 8.21. The van der Waals surface area contributed by atoms with Gasteiger partial charge in [0.15, 0.2) is 0 Å². The molecule has 208 valence electrons. The van der Waals surface area contributed by atoms with Crippen LogP contribution in [0, 0.1) is 0 Å². The SMILES string of the molecule is COc1ccc(/C=N/NC(=O)c2ccc(N/N=C/c3ccc(OC)cc3OC)cc2)c(OC)c1.O=S(=O)(O)O. The molecule has 0 heterocycles. The molecule has 0 bridgehead atoms. The fourth-order valence-corrected chi connectivity index (χ4v) is 2.95. The maximum atomic E-state index is 12.4. The van der Waals surface area contributed by atoms with Gasteiger partial charge in [-0.15, -0.1) is 0 Å². The molecule has 0 aliphatic rings. The number of amides is 1. The summed E-state index contributed by atoms with van der Waals surface area (Å²) in [7, 11) is 1.64. The van der Waals surface area contributed by atoms with E-state index in [-0.39, 0.29) is 5.91 Å². The molecule has 0 aliphatic carbocycles. The number of carbonyl (C=O) groups excluding carboxylic acids is 1. The average Bonchev–Trinajstić information content (AvgIpc) is 2.92. The minimum atomic E-state index is -4.67. The first-order chi connectivity index (χ1) is 18.6. The molecule has 0 saturated heterocycles. The van der Waals surface area contributed by atoms with Crippen molar-refractivity contribution in [3.05, 3.63) is 77.4 Å². The van der Waals surface area contributed by atoms with Gasteiger partial charge in [-0.1, -0.05) is 0 Å². The van der Waals surface area contributed by atoms with Crippen LogP contribution in [0.15, 0.2) is 70.9 Å². The van der Waals surface area contributed by atoms with E-state index in [1.807, 2.05) is 12.1 Å². The summed E-state index contributed by atoms with van der Waals surface area (Å²) in [6.45, 7) is 0. The van der Waals surface area contributed by atoms with E-state index in [1.54, 1.807) is 83.2 Å². The maximum Gasteiger partial charge on any atom is 0.394 e. The van der Waals surface area contributed by atoms with Crippen molar-refractivity contribution in [1.82, 2.24) is 5.43 Å². The fraction of sp³-hybridized carbons (Fsp3) is 0.160. The molecule has 3 aromatic carbocycles. The van der Waals surface area contributed by atoms with Crippen LogP contribution in [0.2, 0.25) is 0 Å². The summed E-state index contributed by atoms with van der Waals surface area (Å²) in [5, 5.41) is 8.23. The average molecular weight is 561 g/mol. The van der Waals surface area contributed by atoms with Crippen molar-refractivity contribution in [2.24, 2.45) is 10.2 Å². The van der Waals surface area contributed by atoms with Gasteiger partial charge in [-0.05, 0) is 48.5 Å². The third kappa shape index (κ3) is 10.7. The third-order valence-corrected chi connectivity index (χ3v) is 4.80. The van der Waals surface area contributed by atoms with Gasteiger partial charge in [0.25, 0.3) is 5.91 Å². The monoisotopic (exact) mass is 560 g/mol. The Morgan fingerprint density at radius 2 is 1.21 bits per heavy atom. The normalized spacial score (nSPS) is 10.9. The van der Waals surface area contributed by atoms with E-state index in [4.69, 9.17) is 36.5 Å². The number of hydrazone groups is 2. The summed E-state index contributed by atoms with van der Waals surface area (Å²) in [6, 6.07) is 17.6. The molecule has 13 nitrogen and oxygen atoms in total. The van der Waals surface area contributed by atoms with E-state index >= 15 is 0 Å². The number of ether oxygens (including phenoxy) is 4. The molecular weight excluding hydrogens is 532 g/mol. The lowest BCUT2D eigenvalue weighted by Gasteiger charge is -2.07. The Bertz CT molecular complexity index is 1400. The molecule has 1 amide bonds. The van der Waals surface area contributed by atoms with E-state index in [9.17, 15) is 4.79 Å². The van der Waals surface area contributed by atoms with Gasteiger partial charge < -0.3 is 18.9 Å². The molecule has 14 heteroatoms. The zero-order valence-corrected chi connectivity index (χ0v) is 22.3. The van der Waals surface area contributed by atoms with Gasteiger partial charge in [0.1, 0.15) is 23.0 Å². The second kappa shape index (κ2) is 14.9. The molecule has 39 heavy (non-hydrogen) atoms. The lowest BCUT2D eigenvalue weighted by atomic mass is 10.2. The Morgan fingerprint density at radius 3 is 1.64 bits per heavy atom. The lowest BCUT2D eigenvalue weighted by Crippen LogP contribution is -2.17. The highest BCUT2D eigenvalue weighted by molar-refractivity contribution is 7.79. The van der Waals surface area contributed by atoms with Crippen LogP contribution in [0.5, 0.6) is 23.0 Å². The number of carbonyl (C=O) groups is 1. The predicted molar refractivity (Wildman–Crippen MR) is 146 cm³/mol. The standard InChI is InChI=1S/C25H26N4O5.H2O4S/c1-31-21-11-7-18(23(13-21)33-3)15-26-28-20-9-5-17(6-10-20)25(30)29-27-16-19-8-12-22(32-2)14-24(19)34-4;1-5(2,3)4/h5-16,28H,1-4H3,(H,29,30);(H2,1,2,3,4)/b26-15+,27-16+;. The number of hydrogen-bond donors (Lipinski definition) is 4. The summed E-state index contributed by atoms with van der Waals surface area (Å²) < 4.78 is 52.6. The Hall–Kier alpha value is -4.66. The van der Waals surface area contributed by atoms with Gasteiger partial charge in [-0.2, -0.15) is 18.6 Å². The van der Waals surface area contributed by atoms with Crippen LogP contribution in [-0.2, 0) is 10.4 Å². The van der Waals surface area contributed by atoms with Crippen molar-refractivity contribution in [2.45, 2.75) is 0 Å². The Balaban J connectivity index is 0.000000976. The van der Waals surface area contributed by atoms with Crippen LogP contribution in [0.25, 0.3) is 0 Å². The first-order valence-corrected chi connectivity index (χ1v) is 12.3. The molecule has 0 spiro atoms. The molecule has 0 saturated carbocycles. The first kappa shape index (κ1) is 30.6. The molecular formula is C25H28N4O9S. The van der Waals surface area contributed by atoms with E-state index in [1.165, 1.54) is 6.21 Å². The number of methoxy groups -OCH3 is 4. The second-order valence-electron chi connectivity index (χ2n) is 7.31. The summed E-state index contributed by atoms with van der Waals surface area (Å²) in [6.07, 6.45) is 3.15. The molecule has 4 N–H and O–H groups in total. The number of benzene rings is 3. The van der Waals surface area contributed by atoms with E-state index in [0.29, 0.717) is 39.8 Å². The molecule has 0 unspecified atom stereocenters. The summed E-state index contributed by atoms with van der Waals surface area (Å²) in [4.78, 5) is 12.4. The quantitative estimate of drug-likeness (QED) is 0.163. The number of anilines is 1. The topological polar surface area (TPSA) is 177 Å². The van der Waals surface area contributed by atoms with Crippen LogP contribution in [0.4, 0.5) is 5.69 Å². The summed E-state index contributed by atoms with van der Waals surface area (Å²) >= 11 is 0. The molecule has 0 fully saturated rings. The van der Waals surface area contributed by atoms with Crippen molar-refractivity contribution in [2.75, 3.05) is 33.9 Å². The number of hydrogen-bond acceptors (Lipinski definition) is 10. The van der Waals surface area contributed by atoms with Gasteiger partial charge >= 0.3 is 10.4 Å². The number of rotatable bonds is 10. The van der Waals surface area contributed by atoms with E-state index in [0.717, 1.165) is 5.56 Å². The molecule has 0 aliphatic heterocycles. The first-order valence-electron chi connectivity index (χ1n) is 10.9. The molecule has 0 aromatic heterocycles. The van der Waals surface area contributed by atoms with Crippen molar-refractivity contribution in [3.8, 4) is 23.0 Å². The minimum absolute atomic E-state index is 0.346. The molecule has 0 radical (unpaired) electrons. The van der Waals surface area contributed by atoms with Gasteiger partial charge in [-0.25, -0.2) is 5.43 Å². The van der Waals surface area contributed by atoms with Crippen molar-refractivity contribution < 1.29 is 41.3 Å². The fourth-order valence-electron chi connectivity index (χ4n) is 2.95. The minimum Gasteiger partial charge on any atom is -0.497 e. The van der Waals surface area contributed by atoms with Crippen molar-refractivity contribution >= 4 is 34.4 Å². The zero-order chi connectivity index (χ0) is 28.8. The Labute approximate surface area is 225 Å². The number of nitrogens with one attached hydrogen (secondary N) is 2. The van der Waals surface area contributed by atoms with Gasteiger partial charge in [0.05, 0.1) is 46.6 Å². The summed E-state index contributed by atoms with van der Waals surface area (Å²) in [5.41, 5.74) is 8.08. The van der Waals surface area contributed by atoms with Crippen LogP contribution >= 0.6 is 0 Å². The van der Waals surface area contributed by atoms with Crippen LogP contribution < -0.4 is 29.8 Å².